The van der Waals surface area contributed by atoms with Crippen LogP contribution in [0.1, 0.15) is 37.6 Å². The minimum absolute atomic E-state index is 0.242. The second-order valence-electron chi connectivity index (χ2n) is 4.84. The Morgan fingerprint density at radius 1 is 1.43 bits per heavy atom. The third kappa shape index (κ3) is 2.85. The second-order valence-corrected chi connectivity index (χ2v) is 4.84. The molecule has 14 heavy (non-hydrogen) atoms. The molecule has 0 N–H and O–H groups in total. The van der Waals surface area contributed by atoms with Crippen LogP contribution in [0.2, 0.25) is 0 Å². The molecule has 1 rings (SSSR count). The lowest BCUT2D eigenvalue weighted by molar-refractivity contribution is 0.405. The van der Waals surface area contributed by atoms with E-state index in [2.05, 4.69) is 31.8 Å². The molecule has 0 saturated carbocycles. The van der Waals surface area contributed by atoms with Crippen molar-refractivity contribution in [2.45, 2.75) is 34.1 Å². The highest BCUT2D eigenvalue weighted by Crippen LogP contribution is 2.21. The Morgan fingerprint density at radius 3 is 2.50 bits per heavy atom. The number of hydrogen-bond acceptors (Lipinski definition) is 2. The van der Waals surface area contributed by atoms with E-state index in [0.717, 1.165) is 17.7 Å². The molecule has 0 saturated heterocycles. The summed E-state index contributed by atoms with van der Waals surface area (Å²) in [7, 11) is 0. The number of pyridine rings is 1. The van der Waals surface area contributed by atoms with Gasteiger partial charge < -0.3 is 0 Å². The number of rotatable bonds is 1. The van der Waals surface area contributed by atoms with E-state index in [1.807, 2.05) is 13.0 Å². The van der Waals surface area contributed by atoms with Crippen LogP contribution >= 0.6 is 0 Å². The summed E-state index contributed by atoms with van der Waals surface area (Å²) in [4.78, 5) is 4.31. The largest absolute Gasteiger partial charge is 0.260 e. The maximum atomic E-state index is 8.70. The minimum atomic E-state index is 0.242. The molecule has 0 spiro atoms. The molecule has 0 aliphatic carbocycles. The fraction of sp³-hybridized carbons (Fsp3) is 0.500. The van der Waals surface area contributed by atoms with E-state index in [-0.39, 0.29) is 5.41 Å². The van der Waals surface area contributed by atoms with Gasteiger partial charge in [-0.05, 0) is 30.4 Å². The Labute approximate surface area is 85.6 Å². The van der Waals surface area contributed by atoms with Crippen LogP contribution in [0.3, 0.4) is 0 Å². The Bertz CT molecular complexity index is 367. The third-order valence-corrected chi connectivity index (χ3v) is 2.01. The smallest absolute Gasteiger partial charge is 0.101 e. The van der Waals surface area contributed by atoms with Gasteiger partial charge >= 0.3 is 0 Å². The molecule has 0 radical (unpaired) electrons. The minimum Gasteiger partial charge on any atom is -0.260 e. The Hall–Kier alpha value is -1.36. The molecule has 0 aliphatic heterocycles. The molecule has 0 amide bonds. The van der Waals surface area contributed by atoms with Crippen LogP contribution in [-0.2, 0) is 6.42 Å². The van der Waals surface area contributed by atoms with Crippen LogP contribution in [-0.4, -0.2) is 4.98 Å². The van der Waals surface area contributed by atoms with Gasteiger partial charge in [-0.2, -0.15) is 5.26 Å². The van der Waals surface area contributed by atoms with Gasteiger partial charge in [0.2, 0.25) is 0 Å². The summed E-state index contributed by atoms with van der Waals surface area (Å²) in [5.41, 5.74) is 3.09. The summed E-state index contributed by atoms with van der Waals surface area (Å²) >= 11 is 0. The lowest BCUT2D eigenvalue weighted by Crippen LogP contribution is -2.11. The van der Waals surface area contributed by atoms with Crippen molar-refractivity contribution in [1.82, 2.24) is 4.98 Å². The third-order valence-electron chi connectivity index (χ3n) is 2.01. The van der Waals surface area contributed by atoms with Gasteiger partial charge in [-0.25, -0.2) is 0 Å². The van der Waals surface area contributed by atoms with E-state index in [0.29, 0.717) is 5.56 Å². The summed E-state index contributed by atoms with van der Waals surface area (Å²) in [6.07, 6.45) is 2.60. The summed E-state index contributed by atoms with van der Waals surface area (Å²) in [5.74, 6) is 0. The number of hydrogen-bond donors (Lipinski definition) is 0. The number of nitrogens with zero attached hydrogens (tertiary/aromatic N) is 2. The average Bonchev–Trinajstić information content (AvgIpc) is 2.06. The highest BCUT2D eigenvalue weighted by molar-refractivity contribution is 5.32. The van der Waals surface area contributed by atoms with E-state index in [1.165, 1.54) is 0 Å². The van der Waals surface area contributed by atoms with Crippen LogP contribution in [0.25, 0.3) is 0 Å². The predicted octanol–water partition coefficient (Wildman–Crippen LogP) is 2.85. The lowest BCUT2D eigenvalue weighted by atomic mass is 9.89. The van der Waals surface area contributed by atoms with Gasteiger partial charge in [0.15, 0.2) is 0 Å². The summed E-state index contributed by atoms with van der Waals surface area (Å²) in [6, 6.07) is 3.99. The molecule has 1 aromatic rings. The topological polar surface area (TPSA) is 36.7 Å². The summed E-state index contributed by atoms with van der Waals surface area (Å²) in [6.45, 7) is 8.57. The first-order valence-corrected chi connectivity index (χ1v) is 4.78. The highest BCUT2D eigenvalue weighted by Gasteiger charge is 2.13. The molecular formula is C12H16N2. The van der Waals surface area contributed by atoms with E-state index >= 15 is 0 Å². The van der Waals surface area contributed by atoms with Crippen molar-refractivity contribution in [1.29, 1.82) is 5.26 Å². The first-order valence-electron chi connectivity index (χ1n) is 4.78. The number of nitriles is 1. The van der Waals surface area contributed by atoms with Crippen LogP contribution < -0.4 is 0 Å². The average molecular weight is 188 g/mol. The number of aromatic nitrogens is 1. The van der Waals surface area contributed by atoms with E-state index in [1.54, 1.807) is 6.20 Å². The Kier molecular flexibility index (Phi) is 2.90. The monoisotopic (exact) mass is 188 g/mol. The van der Waals surface area contributed by atoms with Gasteiger partial charge in [-0.15, -0.1) is 0 Å². The van der Waals surface area contributed by atoms with Gasteiger partial charge in [0.1, 0.15) is 6.07 Å². The zero-order valence-electron chi connectivity index (χ0n) is 9.26. The van der Waals surface area contributed by atoms with Crippen LogP contribution in [0.15, 0.2) is 12.3 Å². The fourth-order valence-corrected chi connectivity index (χ4v) is 1.35. The standard InChI is InChI=1S/C12H16N2/c1-9-5-10(7-13)8-14-11(9)6-12(2,3)4/h5,8H,6H2,1-4H3. The maximum absolute atomic E-state index is 8.70. The van der Waals surface area contributed by atoms with E-state index in [4.69, 9.17) is 5.26 Å². The molecule has 1 heterocycles. The van der Waals surface area contributed by atoms with Crippen molar-refractivity contribution in [3.8, 4) is 6.07 Å². The van der Waals surface area contributed by atoms with E-state index in [9.17, 15) is 0 Å². The predicted molar refractivity (Wildman–Crippen MR) is 56.8 cm³/mol. The molecule has 74 valence electrons. The van der Waals surface area contributed by atoms with Gasteiger partial charge in [0.25, 0.3) is 0 Å². The molecular weight excluding hydrogens is 172 g/mol. The second kappa shape index (κ2) is 3.79. The van der Waals surface area contributed by atoms with Gasteiger partial charge in [-0.1, -0.05) is 20.8 Å². The molecule has 0 atom stereocenters. The molecule has 0 unspecified atom stereocenters. The SMILES string of the molecule is Cc1cc(C#N)cnc1CC(C)(C)C. The maximum Gasteiger partial charge on any atom is 0.101 e. The fourth-order valence-electron chi connectivity index (χ4n) is 1.35. The molecule has 0 aliphatic rings. The van der Waals surface area contributed by atoms with E-state index < -0.39 is 0 Å². The first-order chi connectivity index (χ1) is 6.42. The molecule has 2 nitrogen and oxygen atoms in total. The molecule has 0 bridgehead atoms. The number of aryl methyl sites for hydroxylation is 1. The first kappa shape index (κ1) is 10.7. The summed E-state index contributed by atoms with van der Waals surface area (Å²) < 4.78 is 0. The van der Waals surface area contributed by atoms with Crippen molar-refractivity contribution in [2.75, 3.05) is 0 Å². The molecule has 2 heteroatoms. The highest BCUT2D eigenvalue weighted by atomic mass is 14.7. The Balaban J connectivity index is 2.97. The van der Waals surface area contributed by atoms with Crippen molar-refractivity contribution in [2.24, 2.45) is 5.41 Å². The molecule has 0 aromatic carbocycles. The van der Waals surface area contributed by atoms with Crippen molar-refractivity contribution in [3.63, 3.8) is 0 Å². The van der Waals surface area contributed by atoms with Crippen molar-refractivity contribution in [3.05, 3.63) is 29.1 Å². The molecule has 0 fully saturated rings. The molecule has 1 aromatic heterocycles. The van der Waals surface area contributed by atoms with Gasteiger partial charge in [0, 0.05) is 11.9 Å². The zero-order chi connectivity index (χ0) is 10.8. The Morgan fingerprint density at radius 2 is 2.07 bits per heavy atom. The van der Waals surface area contributed by atoms with Crippen LogP contribution in [0.4, 0.5) is 0 Å². The van der Waals surface area contributed by atoms with Gasteiger partial charge in [0.05, 0.1) is 5.56 Å². The van der Waals surface area contributed by atoms with Crippen LogP contribution in [0, 0.1) is 23.7 Å². The van der Waals surface area contributed by atoms with Crippen molar-refractivity contribution < 1.29 is 0 Å². The van der Waals surface area contributed by atoms with Crippen LogP contribution in [0.5, 0.6) is 0 Å². The quantitative estimate of drug-likeness (QED) is 0.679. The normalized spacial score (nSPS) is 11.1. The lowest BCUT2D eigenvalue weighted by Gasteiger charge is -2.18. The summed E-state index contributed by atoms with van der Waals surface area (Å²) in [5, 5.41) is 8.70. The zero-order valence-corrected chi connectivity index (χ0v) is 9.26. The van der Waals surface area contributed by atoms with Gasteiger partial charge in [-0.3, -0.25) is 4.98 Å². The van der Waals surface area contributed by atoms with Crippen molar-refractivity contribution >= 4 is 0 Å².